The number of aryl methyl sites for hydroxylation is 2. The van der Waals surface area contributed by atoms with Crippen LogP contribution in [0.5, 0.6) is 5.75 Å². The quantitative estimate of drug-likeness (QED) is 0.926. The van der Waals surface area contributed by atoms with Crippen molar-refractivity contribution in [2.24, 2.45) is 0 Å². The van der Waals surface area contributed by atoms with Crippen molar-refractivity contribution in [3.05, 3.63) is 52.5 Å². The summed E-state index contributed by atoms with van der Waals surface area (Å²) in [5.41, 5.74) is 2.65. The van der Waals surface area contributed by atoms with Crippen molar-refractivity contribution >= 4 is 27.3 Å². The van der Waals surface area contributed by atoms with Gasteiger partial charge in [-0.2, -0.15) is 0 Å². The van der Waals surface area contributed by atoms with Crippen LogP contribution in [0.3, 0.4) is 0 Å². The summed E-state index contributed by atoms with van der Waals surface area (Å²) >= 11 is 6.06. The van der Waals surface area contributed by atoms with Gasteiger partial charge in [0.05, 0.1) is 22.7 Å². The maximum atomic E-state index is 12.5. The summed E-state index contributed by atoms with van der Waals surface area (Å²) in [5, 5.41) is 0.325. The Morgan fingerprint density at radius 1 is 1.09 bits per heavy atom. The molecule has 0 spiro atoms. The Bertz CT molecular complexity index is 818. The number of rotatable bonds is 4. The van der Waals surface area contributed by atoms with E-state index in [1.807, 2.05) is 6.07 Å². The molecule has 0 bridgehead atoms. The lowest BCUT2D eigenvalue weighted by Gasteiger charge is -2.12. The smallest absolute Gasteiger partial charge is 0.261 e. The van der Waals surface area contributed by atoms with E-state index < -0.39 is 10.0 Å². The van der Waals surface area contributed by atoms with Crippen molar-refractivity contribution in [2.45, 2.75) is 24.2 Å². The number of sulfonamides is 1. The number of methoxy groups -OCH3 is 1. The molecule has 6 heteroatoms. The molecule has 0 aromatic heterocycles. The number of halogens is 1. The number of hydrogen-bond donors (Lipinski definition) is 1. The summed E-state index contributed by atoms with van der Waals surface area (Å²) in [6, 6.07) is 10.1. The Labute approximate surface area is 135 Å². The van der Waals surface area contributed by atoms with Gasteiger partial charge in [-0.3, -0.25) is 4.72 Å². The van der Waals surface area contributed by atoms with Crippen molar-refractivity contribution < 1.29 is 13.2 Å². The van der Waals surface area contributed by atoms with Crippen LogP contribution in [0.1, 0.15) is 17.5 Å². The van der Waals surface area contributed by atoms with Crippen molar-refractivity contribution in [3.8, 4) is 5.75 Å². The summed E-state index contributed by atoms with van der Waals surface area (Å²) < 4.78 is 32.7. The van der Waals surface area contributed by atoms with Gasteiger partial charge in [-0.15, -0.1) is 0 Å². The predicted molar refractivity (Wildman–Crippen MR) is 87.3 cm³/mol. The van der Waals surface area contributed by atoms with E-state index in [4.69, 9.17) is 16.3 Å². The van der Waals surface area contributed by atoms with Crippen molar-refractivity contribution in [2.75, 3.05) is 11.8 Å². The molecule has 0 amide bonds. The molecular weight excluding hydrogens is 322 g/mol. The topological polar surface area (TPSA) is 55.4 Å². The number of nitrogens with one attached hydrogen (secondary N) is 1. The zero-order valence-corrected chi connectivity index (χ0v) is 13.7. The van der Waals surface area contributed by atoms with Crippen LogP contribution in [-0.2, 0) is 22.9 Å². The van der Waals surface area contributed by atoms with Crippen LogP contribution < -0.4 is 9.46 Å². The molecule has 1 N–H and O–H groups in total. The summed E-state index contributed by atoms with van der Waals surface area (Å²) in [6.07, 6.45) is 3.03. The molecule has 1 aliphatic carbocycles. The monoisotopic (exact) mass is 337 g/mol. The minimum Gasteiger partial charge on any atom is -0.497 e. The molecule has 116 valence electrons. The Morgan fingerprint density at radius 3 is 2.64 bits per heavy atom. The van der Waals surface area contributed by atoms with Crippen LogP contribution in [0.2, 0.25) is 5.02 Å². The standard InChI is InChI=1S/C16H16ClNO3S/c1-21-13-6-8-15(17)16(10-13)18-22(19,20)14-7-5-11-3-2-4-12(11)9-14/h5-10,18H,2-4H2,1H3. The highest BCUT2D eigenvalue weighted by molar-refractivity contribution is 7.92. The van der Waals surface area contributed by atoms with E-state index in [0.29, 0.717) is 16.5 Å². The second kappa shape index (κ2) is 5.82. The Kier molecular flexibility index (Phi) is 4.02. The first kappa shape index (κ1) is 15.2. The summed E-state index contributed by atoms with van der Waals surface area (Å²) in [5.74, 6) is 0.538. The third-order valence-electron chi connectivity index (χ3n) is 3.80. The second-order valence-corrected chi connectivity index (χ2v) is 7.32. The lowest BCUT2D eigenvalue weighted by atomic mass is 10.1. The first-order chi connectivity index (χ1) is 10.5. The van der Waals surface area contributed by atoms with Crippen molar-refractivity contribution in [1.82, 2.24) is 0 Å². The van der Waals surface area contributed by atoms with E-state index >= 15 is 0 Å². The van der Waals surface area contributed by atoms with Crippen LogP contribution in [0.4, 0.5) is 5.69 Å². The number of fused-ring (bicyclic) bond motifs is 1. The van der Waals surface area contributed by atoms with Gasteiger partial charge in [0.1, 0.15) is 5.75 Å². The first-order valence-corrected chi connectivity index (χ1v) is 8.84. The van der Waals surface area contributed by atoms with Gasteiger partial charge in [-0.25, -0.2) is 8.42 Å². The Morgan fingerprint density at radius 2 is 1.86 bits per heavy atom. The molecule has 3 rings (SSSR count). The number of ether oxygens (including phenoxy) is 1. The molecule has 22 heavy (non-hydrogen) atoms. The van der Waals surface area contributed by atoms with Gasteiger partial charge in [0, 0.05) is 6.07 Å². The number of benzene rings is 2. The van der Waals surface area contributed by atoms with E-state index in [-0.39, 0.29) is 4.90 Å². The predicted octanol–water partition coefficient (Wildman–Crippen LogP) is 3.64. The normalized spacial score (nSPS) is 13.7. The van der Waals surface area contributed by atoms with Gasteiger partial charge in [0.2, 0.25) is 0 Å². The average molecular weight is 338 g/mol. The highest BCUT2D eigenvalue weighted by Gasteiger charge is 2.19. The van der Waals surface area contributed by atoms with Gasteiger partial charge < -0.3 is 4.74 Å². The third-order valence-corrected chi connectivity index (χ3v) is 5.49. The third kappa shape index (κ3) is 2.91. The van der Waals surface area contributed by atoms with Crippen molar-refractivity contribution in [3.63, 3.8) is 0 Å². The molecule has 4 nitrogen and oxygen atoms in total. The van der Waals surface area contributed by atoms with Gasteiger partial charge in [-0.05, 0) is 54.7 Å². The molecule has 2 aromatic rings. The SMILES string of the molecule is COc1ccc(Cl)c(NS(=O)(=O)c2ccc3c(c2)CCC3)c1. The Balaban J connectivity index is 1.94. The molecule has 0 unspecified atom stereocenters. The lowest BCUT2D eigenvalue weighted by Crippen LogP contribution is -2.13. The molecule has 1 aliphatic rings. The Hall–Kier alpha value is -1.72. The molecule has 2 aromatic carbocycles. The van der Waals surface area contributed by atoms with Crippen molar-refractivity contribution in [1.29, 1.82) is 0 Å². The maximum Gasteiger partial charge on any atom is 0.261 e. The largest absolute Gasteiger partial charge is 0.497 e. The lowest BCUT2D eigenvalue weighted by molar-refractivity contribution is 0.415. The van der Waals surface area contributed by atoms with Crippen LogP contribution in [0, 0.1) is 0 Å². The zero-order valence-electron chi connectivity index (χ0n) is 12.1. The minimum atomic E-state index is -3.67. The fourth-order valence-electron chi connectivity index (χ4n) is 2.63. The van der Waals surface area contributed by atoms with Gasteiger partial charge in [-0.1, -0.05) is 17.7 Å². The molecule has 0 atom stereocenters. The van der Waals surface area contributed by atoms with Crippen LogP contribution in [0.25, 0.3) is 0 Å². The average Bonchev–Trinajstić information content (AvgIpc) is 2.96. The van der Waals surface area contributed by atoms with Gasteiger partial charge in [0.15, 0.2) is 0 Å². The van der Waals surface area contributed by atoms with E-state index in [2.05, 4.69) is 4.72 Å². The summed E-state index contributed by atoms with van der Waals surface area (Å²) in [7, 11) is -2.16. The first-order valence-electron chi connectivity index (χ1n) is 6.98. The molecule has 0 saturated heterocycles. The van der Waals surface area contributed by atoms with E-state index in [1.165, 1.54) is 12.7 Å². The molecule has 0 radical (unpaired) electrons. The van der Waals surface area contributed by atoms with E-state index in [9.17, 15) is 8.42 Å². The van der Waals surface area contributed by atoms with Crippen LogP contribution >= 0.6 is 11.6 Å². The number of anilines is 1. The highest BCUT2D eigenvalue weighted by atomic mass is 35.5. The van der Waals surface area contributed by atoms with E-state index in [0.717, 1.165) is 24.8 Å². The molecule has 0 fully saturated rings. The second-order valence-electron chi connectivity index (χ2n) is 5.24. The maximum absolute atomic E-state index is 12.5. The van der Waals surface area contributed by atoms with Crippen LogP contribution in [0.15, 0.2) is 41.3 Å². The molecule has 0 aliphatic heterocycles. The fraction of sp³-hybridized carbons (Fsp3) is 0.250. The summed E-state index contributed by atoms with van der Waals surface area (Å²) in [6.45, 7) is 0. The minimum absolute atomic E-state index is 0.257. The zero-order chi connectivity index (χ0) is 15.7. The highest BCUT2D eigenvalue weighted by Crippen LogP contribution is 2.30. The van der Waals surface area contributed by atoms with Crippen LogP contribution in [-0.4, -0.2) is 15.5 Å². The molecular formula is C16H16ClNO3S. The van der Waals surface area contributed by atoms with Gasteiger partial charge in [0.25, 0.3) is 10.0 Å². The molecule has 0 heterocycles. The summed E-state index contributed by atoms with van der Waals surface area (Å²) in [4.78, 5) is 0.257. The fourth-order valence-corrected chi connectivity index (χ4v) is 3.97. The van der Waals surface area contributed by atoms with E-state index in [1.54, 1.807) is 30.3 Å². The molecule has 0 saturated carbocycles. The van der Waals surface area contributed by atoms with Gasteiger partial charge >= 0.3 is 0 Å². The number of hydrogen-bond acceptors (Lipinski definition) is 3.